The lowest BCUT2D eigenvalue weighted by atomic mass is 10.0. The Balaban J connectivity index is 2.62. The minimum atomic E-state index is -0.848. The number of unbranched alkanes of at least 4 members (excludes halogenated alkanes) is 1. The molecule has 108 valence electrons. The van der Waals surface area contributed by atoms with E-state index in [2.05, 4.69) is 24.6 Å². The number of hydrogen-bond acceptors (Lipinski definition) is 1. The number of benzene rings is 1. The van der Waals surface area contributed by atoms with Crippen molar-refractivity contribution in [2.75, 3.05) is 0 Å². The predicted octanol–water partition coefficient (Wildman–Crippen LogP) is 4.40. The maximum absolute atomic E-state index is 11.2. The van der Waals surface area contributed by atoms with Crippen LogP contribution >= 0.6 is 0 Å². The third-order valence-electron chi connectivity index (χ3n) is 3.76. The largest absolute Gasteiger partial charge is 0.478 e. The normalized spacial score (nSPS) is 11.2. The van der Waals surface area contributed by atoms with E-state index in [-0.39, 0.29) is 0 Å². The fourth-order valence-corrected chi connectivity index (χ4v) is 2.83. The quantitative estimate of drug-likeness (QED) is 0.847. The highest BCUT2D eigenvalue weighted by Gasteiger charge is 2.14. The van der Waals surface area contributed by atoms with Gasteiger partial charge in [-0.2, -0.15) is 0 Å². The molecule has 0 unspecified atom stereocenters. The maximum Gasteiger partial charge on any atom is 0.335 e. The first-order valence-electron chi connectivity index (χ1n) is 7.44. The third kappa shape index (κ3) is 2.72. The van der Waals surface area contributed by atoms with E-state index in [0.29, 0.717) is 5.56 Å². The molecule has 0 spiro atoms. The van der Waals surface area contributed by atoms with Crippen LogP contribution in [0.2, 0.25) is 0 Å². The van der Waals surface area contributed by atoms with Gasteiger partial charge >= 0.3 is 5.97 Å². The second-order valence-corrected chi connectivity index (χ2v) is 5.45. The summed E-state index contributed by atoms with van der Waals surface area (Å²) in [6.45, 7) is 7.33. The summed E-state index contributed by atoms with van der Waals surface area (Å²) >= 11 is 0. The van der Waals surface area contributed by atoms with Gasteiger partial charge < -0.3 is 9.67 Å². The van der Waals surface area contributed by atoms with Gasteiger partial charge in [0, 0.05) is 18.1 Å². The molecule has 1 heterocycles. The molecular weight excluding hydrogens is 250 g/mol. The zero-order valence-electron chi connectivity index (χ0n) is 12.6. The van der Waals surface area contributed by atoms with Crippen LogP contribution in [0, 0.1) is 6.92 Å². The fraction of sp³-hybridized carbons (Fsp3) is 0.471. The van der Waals surface area contributed by atoms with Crippen molar-refractivity contribution < 1.29 is 9.90 Å². The number of rotatable bonds is 6. The Morgan fingerprint density at radius 2 is 2.00 bits per heavy atom. The number of carboxylic acid groups (broad SMARTS) is 1. The summed E-state index contributed by atoms with van der Waals surface area (Å²) in [5, 5.41) is 10.4. The summed E-state index contributed by atoms with van der Waals surface area (Å²) in [5.74, 6) is -0.848. The highest BCUT2D eigenvalue weighted by Crippen LogP contribution is 2.28. The Labute approximate surface area is 120 Å². The van der Waals surface area contributed by atoms with Crippen LogP contribution in [-0.4, -0.2) is 15.6 Å². The smallest absolute Gasteiger partial charge is 0.335 e. The molecule has 0 aliphatic heterocycles. The molecule has 0 fully saturated rings. The van der Waals surface area contributed by atoms with Gasteiger partial charge in [0.15, 0.2) is 0 Å². The van der Waals surface area contributed by atoms with E-state index < -0.39 is 5.97 Å². The van der Waals surface area contributed by atoms with E-state index >= 15 is 0 Å². The van der Waals surface area contributed by atoms with Gasteiger partial charge in [0.05, 0.1) is 11.1 Å². The summed E-state index contributed by atoms with van der Waals surface area (Å²) in [5.41, 5.74) is 3.92. The highest BCUT2D eigenvalue weighted by atomic mass is 16.4. The van der Waals surface area contributed by atoms with Crippen molar-refractivity contribution in [1.82, 2.24) is 4.57 Å². The molecule has 2 rings (SSSR count). The number of carboxylic acids is 1. The van der Waals surface area contributed by atoms with Crippen LogP contribution in [0.5, 0.6) is 0 Å². The van der Waals surface area contributed by atoms with Gasteiger partial charge in [0.2, 0.25) is 0 Å². The zero-order valence-corrected chi connectivity index (χ0v) is 12.6. The Kier molecular flexibility index (Phi) is 4.48. The first-order chi connectivity index (χ1) is 9.58. The molecule has 0 aliphatic rings. The van der Waals surface area contributed by atoms with Crippen LogP contribution in [0.1, 0.15) is 54.6 Å². The molecule has 0 atom stereocenters. The molecule has 2 aromatic rings. The van der Waals surface area contributed by atoms with Crippen molar-refractivity contribution in [2.24, 2.45) is 0 Å². The summed E-state index contributed by atoms with van der Waals surface area (Å²) in [6, 6.07) is 3.61. The van der Waals surface area contributed by atoms with E-state index in [1.54, 1.807) is 6.07 Å². The monoisotopic (exact) mass is 273 g/mol. The minimum absolute atomic E-state index is 0.391. The molecule has 0 aliphatic carbocycles. The Hall–Kier alpha value is -1.77. The van der Waals surface area contributed by atoms with Crippen LogP contribution in [-0.2, 0) is 13.0 Å². The number of aromatic carboxylic acids is 1. The second kappa shape index (κ2) is 6.12. The Morgan fingerprint density at radius 1 is 1.25 bits per heavy atom. The summed E-state index contributed by atoms with van der Waals surface area (Å²) in [6.07, 6.45) is 6.60. The summed E-state index contributed by atoms with van der Waals surface area (Å²) < 4.78 is 2.28. The standard InChI is InChI=1S/C17H23NO2/c1-4-6-7-13-11-18(8-5-2)16-12(3)9-14(17(19)20)10-15(13)16/h9-11H,4-8H2,1-3H3,(H,19,20). The van der Waals surface area contributed by atoms with Gasteiger partial charge in [-0.3, -0.25) is 0 Å². The summed E-state index contributed by atoms with van der Waals surface area (Å²) in [4.78, 5) is 11.2. The number of aromatic nitrogens is 1. The minimum Gasteiger partial charge on any atom is -0.478 e. The SMILES string of the molecule is CCCCc1cn(CCC)c2c(C)cc(C(=O)O)cc12. The Bertz CT molecular complexity index is 625. The molecule has 0 bridgehead atoms. The van der Waals surface area contributed by atoms with E-state index in [1.807, 2.05) is 13.0 Å². The van der Waals surface area contributed by atoms with Crippen LogP contribution in [0.25, 0.3) is 10.9 Å². The van der Waals surface area contributed by atoms with Crippen molar-refractivity contribution in [3.05, 3.63) is 35.0 Å². The third-order valence-corrected chi connectivity index (χ3v) is 3.76. The van der Waals surface area contributed by atoms with Crippen molar-refractivity contribution in [1.29, 1.82) is 0 Å². The Morgan fingerprint density at radius 3 is 2.60 bits per heavy atom. The number of fused-ring (bicyclic) bond motifs is 1. The summed E-state index contributed by atoms with van der Waals surface area (Å²) in [7, 11) is 0. The molecule has 1 N–H and O–H groups in total. The van der Waals surface area contributed by atoms with Gasteiger partial charge in [-0.05, 0) is 49.4 Å². The van der Waals surface area contributed by atoms with E-state index in [0.717, 1.165) is 43.2 Å². The molecule has 20 heavy (non-hydrogen) atoms. The van der Waals surface area contributed by atoms with Crippen LogP contribution in [0.3, 0.4) is 0 Å². The zero-order chi connectivity index (χ0) is 14.7. The highest BCUT2D eigenvalue weighted by molar-refractivity contribution is 5.96. The molecule has 0 saturated carbocycles. The van der Waals surface area contributed by atoms with Crippen LogP contribution in [0.15, 0.2) is 18.3 Å². The molecule has 1 aromatic carbocycles. The molecule has 0 radical (unpaired) electrons. The maximum atomic E-state index is 11.2. The fourth-order valence-electron chi connectivity index (χ4n) is 2.83. The molecule has 3 nitrogen and oxygen atoms in total. The van der Waals surface area contributed by atoms with E-state index in [9.17, 15) is 9.90 Å². The predicted molar refractivity (Wildman–Crippen MR) is 82.5 cm³/mol. The topological polar surface area (TPSA) is 42.2 Å². The van der Waals surface area contributed by atoms with Crippen LogP contribution in [0.4, 0.5) is 0 Å². The van der Waals surface area contributed by atoms with Gasteiger partial charge in [-0.15, -0.1) is 0 Å². The van der Waals surface area contributed by atoms with E-state index in [1.165, 1.54) is 11.1 Å². The van der Waals surface area contributed by atoms with E-state index in [4.69, 9.17) is 0 Å². The van der Waals surface area contributed by atoms with Crippen molar-refractivity contribution in [3.8, 4) is 0 Å². The first kappa shape index (κ1) is 14.6. The van der Waals surface area contributed by atoms with Gasteiger partial charge in [-0.25, -0.2) is 4.79 Å². The molecule has 0 saturated heterocycles. The molecule has 0 amide bonds. The lowest BCUT2D eigenvalue weighted by Crippen LogP contribution is -1.99. The van der Waals surface area contributed by atoms with Crippen molar-refractivity contribution >= 4 is 16.9 Å². The van der Waals surface area contributed by atoms with Crippen LogP contribution < -0.4 is 0 Å². The second-order valence-electron chi connectivity index (χ2n) is 5.45. The van der Waals surface area contributed by atoms with Gasteiger partial charge in [0.1, 0.15) is 0 Å². The average molecular weight is 273 g/mol. The molecular formula is C17H23NO2. The lowest BCUT2D eigenvalue weighted by molar-refractivity contribution is 0.0697. The lowest BCUT2D eigenvalue weighted by Gasteiger charge is -2.07. The number of aryl methyl sites for hydroxylation is 3. The van der Waals surface area contributed by atoms with Crippen molar-refractivity contribution in [2.45, 2.75) is 53.0 Å². The average Bonchev–Trinajstić information content (AvgIpc) is 2.75. The first-order valence-corrected chi connectivity index (χ1v) is 7.44. The number of nitrogens with zero attached hydrogens (tertiary/aromatic N) is 1. The number of hydrogen-bond donors (Lipinski definition) is 1. The van der Waals surface area contributed by atoms with Crippen molar-refractivity contribution in [3.63, 3.8) is 0 Å². The van der Waals surface area contributed by atoms with Gasteiger partial charge in [0.25, 0.3) is 0 Å². The molecule has 3 heteroatoms. The van der Waals surface area contributed by atoms with Gasteiger partial charge in [-0.1, -0.05) is 20.3 Å². The molecule has 1 aromatic heterocycles. The number of carbonyl (C=O) groups is 1.